The van der Waals surface area contributed by atoms with Crippen LogP contribution in [0.3, 0.4) is 0 Å². The molecule has 1 fully saturated rings. The van der Waals surface area contributed by atoms with Gasteiger partial charge < -0.3 is 35.4 Å². The molecule has 31 heavy (non-hydrogen) atoms. The zero-order valence-electron chi connectivity index (χ0n) is 15.7. The highest BCUT2D eigenvalue weighted by molar-refractivity contribution is 7.66. The fourth-order valence-electron chi connectivity index (χ4n) is 2.91. The smallest absolute Gasteiger partial charge is 0.382 e. The van der Waals surface area contributed by atoms with Crippen molar-refractivity contribution in [3.8, 4) is 0 Å². The second-order valence-corrected chi connectivity index (χ2v) is 10.6. The van der Waals surface area contributed by atoms with E-state index in [1.54, 1.807) is 11.6 Å². The summed E-state index contributed by atoms with van der Waals surface area (Å²) in [5, 5.41) is 2.94. The maximum Gasteiger partial charge on any atom is 0.490 e. The fraction of sp³-hybridized carbons (Fsp3) is 0.545. The lowest BCUT2D eigenvalue weighted by Gasteiger charge is -2.20. The monoisotopic (exact) mass is 504 g/mol. The predicted octanol–water partition coefficient (Wildman–Crippen LogP) is -0.373. The van der Waals surface area contributed by atoms with Crippen molar-refractivity contribution in [1.82, 2.24) is 24.8 Å². The quantitative estimate of drug-likeness (QED) is 0.238. The van der Waals surface area contributed by atoms with E-state index in [1.807, 2.05) is 0 Å². The number of rotatable bonds is 9. The number of hydrogen-bond acceptors (Lipinski definition) is 12. The van der Waals surface area contributed by atoms with Gasteiger partial charge in [0.15, 0.2) is 11.5 Å². The molecule has 1 aliphatic rings. The third-order valence-corrected chi connectivity index (χ3v) is 7.92. The summed E-state index contributed by atoms with van der Waals surface area (Å²) in [6, 6.07) is -0.395. The number of hydrogen-bond donors (Lipinski definition) is 6. The highest BCUT2D eigenvalue weighted by Crippen LogP contribution is 2.66. The minimum atomic E-state index is -5.60. The summed E-state index contributed by atoms with van der Waals surface area (Å²) in [5.41, 5.74) is 6.53. The Hall–Kier alpha value is -1.32. The molecule has 0 aliphatic carbocycles. The summed E-state index contributed by atoms with van der Waals surface area (Å²) < 4.78 is 53.4. The molecule has 0 bridgehead atoms. The number of nitrogens with one attached hydrogen (secondary N) is 1. The summed E-state index contributed by atoms with van der Waals surface area (Å²) in [5.74, 6) is 0.177. The Bertz CT molecular complexity index is 1090. The molecule has 0 amide bonds. The number of nitrogens with zero attached hydrogens (tertiary/aromatic N) is 4. The van der Waals surface area contributed by atoms with Crippen molar-refractivity contribution in [1.29, 1.82) is 0 Å². The van der Waals surface area contributed by atoms with E-state index in [-0.39, 0.29) is 5.82 Å². The number of ether oxygens (including phenoxy) is 1. The van der Waals surface area contributed by atoms with Gasteiger partial charge in [0.25, 0.3) is 0 Å². The second-order valence-electron chi connectivity index (χ2n) is 6.23. The first-order valence-corrected chi connectivity index (χ1v) is 12.9. The van der Waals surface area contributed by atoms with Crippen LogP contribution in [-0.4, -0.2) is 64.9 Å². The molecule has 2 aromatic rings. The number of nitrogen functional groups attached to an aromatic ring is 1. The average Bonchev–Trinajstić information content (AvgIpc) is 3.21. The predicted molar refractivity (Wildman–Crippen MR) is 101 cm³/mol. The molecule has 2 unspecified atom stereocenters. The topological polar surface area (TPSA) is 251 Å². The number of imidazole rings is 1. The maximum absolute atomic E-state index is 11.9. The molecule has 3 rings (SSSR count). The van der Waals surface area contributed by atoms with E-state index in [0.717, 1.165) is 0 Å². The van der Waals surface area contributed by atoms with E-state index in [2.05, 4.69) is 33.4 Å². The number of nitrogens with two attached hydrogens (primary N) is 1. The van der Waals surface area contributed by atoms with Crippen LogP contribution < -0.4 is 11.1 Å². The molecule has 174 valence electrons. The molecule has 5 atom stereocenters. The number of aromatic nitrogens is 4. The maximum atomic E-state index is 11.9. The molecule has 0 saturated carbocycles. The van der Waals surface area contributed by atoms with Crippen molar-refractivity contribution in [2.45, 2.75) is 24.8 Å². The van der Waals surface area contributed by atoms with Crippen LogP contribution in [0.2, 0.25) is 0 Å². The molecule has 0 aromatic carbocycles. The van der Waals surface area contributed by atoms with E-state index < -0.39 is 48.4 Å². The van der Waals surface area contributed by atoms with Gasteiger partial charge in [-0.15, -0.1) is 0 Å². The summed E-state index contributed by atoms with van der Waals surface area (Å²) in [4.78, 5) is 48.0. The number of phosphoric ester groups is 1. The van der Waals surface area contributed by atoms with Gasteiger partial charge in [-0.2, -0.15) is 8.62 Å². The number of likely N-dealkylation sites (N-methyl/N-ethyl adjacent to an activating group) is 1. The normalized spacial score (nSPS) is 26.0. The van der Waals surface area contributed by atoms with Gasteiger partial charge in [-0.05, 0) is 7.05 Å². The van der Waals surface area contributed by atoms with Crippen LogP contribution in [0, 0.1) is 0 Å². The Balaban J connectivity index is 1.67. The van der Waals surface area contributed by atoms with Crippen molar-refractivity contribution < 1.29 is 51.2 Å². The SMILES string of the molecule is CN[C@H]1C[C@H](n2cnc3c(N)ncnc32)O[C@@H]1COP(=O)(O)OP(=O)(O)OP(=O)(O)O. The molecule has 17 nitrogen and oxygen atoms in total. The van der Waals surface area contributed by atoms with Crippen LogP contribution >= 0.6 is 23.5 Å². The van der Waals surface area contributed by atoms with E-state index in [0.29, 0.717) is 17.6 Å². The number of fused-ring (bicyclic) bond motifs is 1. The minimum Gasteiger partial charge on any atom is -0.382 e. The standard InChI is InChI=1S/C11H19N6O11P3/c1-13-6-2-8(17-5-16-9-10(12)14-4-15-11(9)17)26-7(6)3-25-30(21,22)28-31(23,24)27-29(18,19)20/h4-8,13H,2-3H2,1H3,(H,21,22)(H,23,24)(H2,12,14,15)(H2,18,19,20)/t6-,7+,8+/m0/s1. The van der Waals surface area contributed by atoms with Crippen molar-refractivity contribution >= 4 is 40.4 Å². The first-order chi connectivity index (χ1) is 14.3. The Kier molecular flexibility index (Phi) is 6.99. The van der Waals surface area contributed by atoms with Crippen LogP contribution in [-0.2, 0) is 31.6 Å². The van der Waals surface area contributed by atoms with Crippen molar-refractivity contribution in [2.24, 2.45) is 0 Å². The molecule has 20 heteroatoms. The van der Waals surface area contributed by atoms with Crippen molar-refractivity contribution in [3.63, 3.8) is 0 Å². The van der Waals surface area contributed by atoms with Crippen molar-refractivity contribution in [2.75, 3.05) is 19.4 Å². The molecule has 1 aliphatic heterocycles. The third kappa shape index (κ3) is 6.14. The average molecular weight is 504 g/mol. The largest absolute Gasteiger partial charge is 0.490 e. The molecule has 3 heterocycles. The van der Waals surface area contributed by atoms with Gasteiger partial charge in [0.2, 0.25) is 0 Å². The fourth-order valence-corrected chi connectivity index (χ4v) is 5.94. The van der Waals surface area contributed by atoms with E-state index in [4.69, 9.17) is 20.3 Å². The first-order valence-electron chi connectivity index (χ1n) is 8.34. The Morgan fingerprint density at radius 2 is 1.90 bits per heavy atom. The number of anilines is 1. The minimum absolute atomic E-state index is 0.177. The molecule has 2 aromatic heterocycles. The first kappa shape index (κ1) is 24.3. The molecule has 1 saturated heterocycles. The highest BCUT2D eigenvalue weighted by atomic mass is 31.3. The highest BCUT2D eigenvalue weighted by Gasteiger charge is 2.43. The Morgan fingerprint density at radius 1 is 1.19 bits per heavy atom. The van der Waals surface area contributed by atoms with Gasteiger partial charge in [0, 0.05) is 12.5 Å². The molecule has 0 radical (unpaired) electrons. The summed E-state index contributed by atoms with van der Waals surface area (Å²) in [6.07, 6.45) is 1.60. The molecular weight excluding hydrogens is 485 g/mol. The lowest BCUT2D eigenvalue weighted by Crippen LogP contribution is -2.36. The van der Waals surface area contributed by atoms with Crippen LogP contribution in [0.25, 0.3) is 11.2 Å². The molecule has 7 N–H and O–H groups in total. The van der Waals surface area contributed by atoms with Gasteiger partial charge in [-0.25, -0.2) is 28.6 Å². The number of phosphoric acid groups is 3. The molecule has 0 spiro atoms. The molecular formula is C11H19N6O11P3. The van der Waals surface area contributed by atoms with E-state index in [9.17, 15) is 23.5 Å². The van der Waals surface area contributed by atoms with Gasteiger partial charge in [-0.3, -0.25) is 9.09 Å². The van der Waals surface area contributed by atoms with E-state index in [1.165, 1.54) is 12.7 Å². The van der Waals surface area contributed by atoms with Crippen LogP contribution in [0.15, 0.2) is 12.7 Å². The lowest BCUT2D eigenvalue weighted by atomic mass is 10.1. The Labute approximate surface area is 174 Å². The summed E-state index contributed by atoms with van der Waals surface area (Å²) >= 11 is 0. The van der Waals surface area contributed by atoms with E-state index >= 15 is 0 Å². The van der Waals surface area contributed by atoms with Gasteiger partial charge in [-0.1, -0.05) is 0 Å². The Morgan fingerprint density at radius 3 is 2.55 bits per heavy atom. The van der Waals surface area contributed by atoms with Crippen LogP contribution in [0.5, 0.6) is 0 Å². The van der Waals surface area contributed by atoms with Crippen LogP contribution in [0.4, 0.5) is 5.82 Å². The van der Waals surface area contributed by atoms with Gasteiger partial charge in [0.1, 0.15) is 18.1 Å². The lowest BCUT2D eigenvalue weighted by molar-refractivity contribution is -0.0246. The van der Waals surface area contributed by atoms with Gasteiger partial charge >= 0.3 is 23.5 Å². The second kappa shape index (κ2) is 8.90. The van der Waals surface area contributed by atoms with Crippen LogP contribution in [0.1, 0.15) is 12.6 Å². The third-order valence-electron chi connectivity index (χ3n) is 4.12. The summed E-state index contributed by atoms with van der Waals surface area (Å²) in [7, 11) is -14.7. The summed E-state index contributed by atoms with van der Waals surface area (Å²) in [6.45, 7) is -0.588. The zero-order chi connectivity index (χ0) is 23.0. The van der Waals surface area contributed by atoms with Gasteiger partial charge in [0.05, 0.1) is 19.0 Å². The zero-order valence-corrected chi connectivity index (χ0v) is 18.3. The van der Waals surface area contributed by atoms with Crippen molar-refractivity contribution in [3.05, 3.63) is 12.7 Å².